The molecule has 2 aromatic rings. The normalized spacial score (nSPS) is 13.5. The zero-order valence-corrected chi connectivity index (χ0v) is 12.5. The number of ether oxygens (including phenoxy) is 1. The summed E-state index contributed by atoms with van der Waals surface area (Å²) in [6.07, 6.45) is 4.15. The summed E-state index contributed by atoms with van der Waals surface area (Å²) in [5, 5.41) is 3.52. The van der Waals surface area contributed by atoms with E-state index in [9.17, 15) is 4.79 Å². The van der Waals surface area contributed by atoms with Gasteiger partial charge >= 0.3 is 0 Å². The molecule has 1 aromatic heterocycles. The van der Waals surface area contributed by atoms with E-state index in [1.54, 1.807) is 19.2 Å². The molecule has 0 unspecified atom stereocenters. The van der Waals surface area contributed by atoms with E-state index in [2.05, 4.69) is 15.3 Å². The average molecular weight is 306 g/mol. The van der Waals surface area contributed by atoms with E-state index >= 15 is 0 Å². The molecule has 0 saturated heterocycles. The number of rotatable bonds is 5. The number of carbonyl (C=O) groups is 1. The average Bonchev–Trinajstić information content (AvgIpc) is 2.50. The molecule has 2 rings (SSSR count). The lowest BCUT2D eigenvalue weighted by molar-refractivity contribution is 0.0642. The number of nitrogens with zero attached hydrogens (tertiary/aromatic N) is 2. The molecule has 1 N–H and O–H groups in total. The van der Waals surface area contributed by atoms with Gasteiger partial charge in [0, 0.05) is 24.5 Å². The standard InChI is InChI=1S/C15H16ClN3O2/c1-10(19-15(20)13-9-17-7-8-18-13)14(21-2)11-3-5-12(16)6-4-11/h3-10,14H,1-2H3,(H,19,20)/t10-,14+/m0/s1. The summed E-state index contributed by atoms with van der Waals surface area (Å²) in [5.41, 5.74) is 1.21. The maximum absolute atomic E-state index is 12.1. The van der Waals surface area contributed by atoms with Gasteiger partial charge in [-0.1, -0.05) is 23.7 Å². The van der Waals surface area contributed by atoms with Crippen LogP contribution in [0, 0.1) is 0 Å². The summed E-state index contributed by atoms with van der Waals surface area (Å²) in [5.74, 6) is -0.286. The monoisotopic (exact) mass is 305 g/mol. The van der Waals surface area contributed by atoms with Crippen molar-refractivity contribution in [2.24, 2.45) is 0 Å². The van der Waals surface area contributed by atoms with E-state index in [0.29, 0.717) is 5.02 Å². The van der Waals surface area contributed by atoms with Gasteiger partial charge in [0.05, 0.1) is 12.2 Å². The number of nitrogens with one attached hydrogen (secondary N) is 1. The highest BCUT2D eigenvalue weighted by molar-refractivity contribution is 6.30. The maximum Gasteiger partial charge on any atom is 0.271 e. The van der Waals surface area contributed by atoms with Crippen molar-refractivity contribution >= 4 is 17.5 Å². The SMILES string of the molecule is CO[C@@H](c1ccc(Cl)cc1)[C@H](C)NC(=O)c1cnccn1. The molecule has 0 saturated carbocycles. The predicted molar refractivity (Wildman–Crippen MR) is 80.2 cm³/mol. The molecule has 0 aliphatic carbocycles. The first kappa shape index (κ1) is 15.4. The van der Waals surface area contributed by atoms with Crippen molar-refractivity contribution in [2.45, 2.75) is 19.1 Å². The fourth-order valence-corrected chi connectivity index (χ4v) is 2.18. The number of hydrogen-bond acceptors (Lipinski definition) is 4. The Morgan fingerprint density at radius 3 is 2.57 bits per heavy atom. The topological polar surface area (TPSA) is 64.1 Å². The van der Waals surface area contributed by atoms with E-state index in [4.69, 9.17) is 16.3 Å². The zero-order chi connectivity index (χ0) is 15.2. The molecule has 1 heterocycles. The molecule has 1 aromatic carbocycles. The van der Waals surface area contributed by atoms with E-state index in [-0.39, 0.29) is 23.7 Å². The van der Waals surface area contributed by atoms with Crippen molar-refractivity contribution in [1.29, 1.82) is 0 Å². The lowest BCUT2D eigenvalue weighted by Gasteiger charge is -2.24. The second-order valence-electron chi connectivity index (χ2n) is 4.56. The number of benzene rings is 1. The first-order valence-corrected chi connectivity index (χ1v) is 6.84. The number of hydrogen-bond donors (Lipinski definition) is 1. The fraction of sp³-hybridized carbons (Fsp3) is 0.267. The summed E-state index contributed by atoms with van der Waals surface area (Å²) in [4.78, 5) is 19.9. The highest BCUT2D eigenvalue weighted by atomic mass is 35.5. The Labute approximate surface area is 128 Å². The van der Waals surface area contributed by atoms with Crippen molar-refractivity contribution < 1.29 is 9.53 Å². The quantitative estimate of drug-likeness (QED) is 0.922. The molecule has 0 aliphatic rings. The number of aromatic nitrogens is 2. The van der Waals surface area contributed by atoms with Gasteiger partial charge in [0.1, 0.15) is 11.8 Å². The zero-order valence-electron chi connectivity index (χ0n) is 11.8. The molecule has 0 aliphatic heterocycles. The molecule has 5 nitrogen and oxygen atoms in total. The van der Waals surface area contributed by atoms with Crippen LogP contribution in [0.15, 0.2) is 42.9 Å². The van der Waals surface area contributed by atoms with Crippen LogP contribution < -0.4 is 5.32 Å². The summed E-state index contributed by atoms with van der Waals surface area (Å²) < 4.78 is 5.48. The lowest BCUT2D eigenvalue weighted by Crippen LogP contribution is -2.38. The molecular formula is C15H16ClN3O2. The largest absolute Gasteiger partial charge is 0.375 e. The number of methoxy groups -OCH3 is 1. The third kappa shape index (κ3) is 4.00. The summed E-state index contributed by atoms with van der Waals surface area (Å²) in [6, 6.07) is 7.11. The third-order valence-electron chi connectivity index (χ3n) is 3.06. The Hall–Kier alpha value is -1.98. The molecule has 0 radical (unpaired) electrons. The van der Waals surface area contributed by atoms with Crippen molar-refractivity contribution in [1.82, 2.24) is 15.3 Å². The maximum atomic E-state index is 12.1. The van der Waals surface area contributed by atoms with Gasteiger partial charge in [-0.15, -0.1) is 0 Å². The summed E-state index contributed by atoms with van der Waals surface area (Å²) in [7, 11) is 1.60. The van der Waals surface area contributed by atoms with Crippen LogP contribution in [0.5, 0.6) is 0 Å². The fourth-order valence-electron chi connectivity index (χ4n) is 2.05. The van der Waals surface area contributed by atoms with Gasteiger partial charge in [-0.25, -0.2) is 4.98 Å². The van der Waals surface area contributed by atoms with Gasteiger partial charge in [-0.05, 0) is 24.6 Å². The molecule has 0 spiro atoms. The van der Waals surface area contributed by atoms with Crippen LogP contribution in [-0.4, -0.2) is 29.0 Å². The Morgan fingerprint density at radius 2 is 2.00 bits per heavy atom. The molecule has 6 heteroatoms. The highest BCUT2D eigenvalue weighted by Crippen LogP contribution is 2.22. The van der Waals surface area contributed by atoms with Crippen LogP contribution in [-0.2, 0) is 4.74 Å². The van der Waals surface area contributed by atoms with Crippen LogP contribution in [0.2, 0.25) is 5.02 Å². The van der Waals surface area contributed by atoms with Crippen molar-refractivity contribution in [2.75, 3.05) is 7.11 Å². The number of amides is 1. The van der Waals surface area contributed by atoms with Crippen LogP contribution >= 0.6 is 11.6 Å². The molecule has 0 bridgehead atoms. The number of halogens is 1. The molecule has 110 valence electrons. The predicted octanol–water partition coefficient (Wildman–Crippen LogP) is 2.64. The van der Waals surface area contributed by atoms with Gasteiger partial charge in [0.15, 0.2) is 0 Å². The molecular weight excluding hydrogens is 290 g/mol. The first-order valence-electron chi connectivity index (χ1n) is 6.47. The smallest absolute Gasteiger partial charge is 0.271 e. The minimum atomic E-state index is -0.286. The molecule has 0 fully saturated rings. The molecule has 21 heavy (non-hydrogen) atoms. The van der Waals surface area contributed by atoms with E-state index in [0.717, 1.165) is 5.56 Å². The second kappa shape index (κ2) is 7.15. The lowest BCUT2D eigenvalue weighted by atomic mass is 10.0. The van der Waals surface area contributed by atoms with Gasteiger partial charge in [0.2, 0.25) is 0 Å². The van der Waals surface area contributed by atoms with Crippen molar-refractivity contribution in [3.8, 4) is 0 Å². The van der Waals surface area contributed by atoms with Gasteiger partial charge < -0.3 is 10.1 Å². The van der Waals surface area contributed by atoms with Crippen molar-refractivity contribution in [3.05, 3.63) is 59.1 Å². The number of carbonyl (C=O) groups excluding carboxylic acids is 1. The van der Waals surface area contributed by atoms with E-state index < -0.39 is 0 Å². The van der Waals surface area contributed by atoms with Crippen LogP contribution in [0.4, 0.5) is 0 Å². The van der Waals surface area contributed by atoms with Gasteiger partial charge in [0.25, 0.3) is 5.91 Å². The van der Waals surface area contributed by atoms with Crippen LogP contribution in [0.1, 0.15) is 29.1 Å². The minimum absolute atomic E-state index is 0.231. The Morgan fingerprint density at radius 1 is 1.29 bits per heavy atom. The van der Waals surface area contributed by atoms with E-state index in [1.165, 1.54) is 18.6 Å². The molecule has 1 amide bonds. The van der Waals surface area contributed by atoms with Crippen LogP contribution in [0.3, 0.4) is 0 Å². The first-order chi connectivity index (χ1) is 10.1. The minimum Gasteiger partial charge on any atom is -0.375 e. The van der Waals surface area contributed by atoms with E-state index in [1.807, 2.05) is 19.1 Å². The Balaban J connectivity index is 2.08. The van der Waals surface area contributed by atoms with Crippen molar-refractivity contribution in [3.63, 3.8) is 0 Å². The summed E-state index contributed by atoms with van der Waals surface area (Å²) >= 11 is 5.88. The Bertz CT molecular complexity index is 590. The molecule has 2 atom stereocenters. The van der Waals surface area contributed by atoms with Crippen LogP contribution in [0.25, 0.3) is 0 Å². The summed E-state index contributed by atoms with van der Waals surface area (Å²) in [6.45, 7) is 1.87. The van der Waals surface area contributed by atoms with Gasteiger partial charge in [-0.2, -0.15) is 0 Å². The van der Waals surface area contributed by atoms with Gasteiger partial charge in [-0.3, -0.25) is 9.78 Å². The highest BCUT2D eigenvalue weighted by Gasteiger charge is 2.21. The third-order valence-corrected chi connectivity index (χ3v) is 3.31. The Kier molecular flexibility index (Phi) is 5.25. The second-order valence-corrected chi connectivity index (χ2v) is 5.00.